The van der Waals surface area contributed by atoms with Crippen LogP contribution in [0.25, 0.3) is 0 Å². The van der Waals surface area contributed by atoms with Crippen LogP contribution < -0.4 is 5.73 Å². The van der Waals surface area contributed by atoms with Crippen molar-refractivity contribution in [3.05, 3.63) is 35.6 Å². The number of carbonyl (C=O) groups excluding carboxylic acids is 1. The molecule has 0 aliphatic carbocycles. The summed E-state index contributed by atoms with van der Waals surface area (Å²) < 4.78 is 0. The molecule has 17 heavy (non-hydrogen) atoms. The van der Waals surface area contributed by atoms with Crippen molar-refractivity contribution >= 4 is 5.91 Å². The summed E-state index contributed by atoms with van der Waals surface area (Å²) >= 11 is 0. The lowest BCUT2D eigenvalue weighted by Gasteiger charge is -2.19. The monoisotopic (exact) mass is 236 g/mol. The van der Waals surface area contributed by atoms with Crippen LogP contribution in [0.15, 0.2) is 35.6 Å². The number of nitrogens with zero attached hydrogens (tertiary/aromatic N) is 1. The number of amides is 1. The van der Waals surface area contributed by atoms with Gasteiger partial charge in [-0.05, 0) is 24.0 Å². The summed E-state index contributed by atoms with van der Waals surface area (Å²) in [5.41, 5.74) is 7.20. The first kappa shape index (κ1) is 15.5. The van der Waals surface area contributed by atoms with Gasteiger partial charge in [0, 0.05) is 14.1 Å². The Bertz CT molecular complexity index is 355. The molecule has 0 saturated heterocycles. The Morgan fingerprint density at radius 2 is 1.76 bits per heavy atom. The van der Waals surface area contributed by atoms with Gasteiger partial charge in [0.1, 0.15) is 0 Å². The second-order valence-corrected chi connectivity index (χ2v) is 5.17. The lowest BCUT2D eigenvalue weighted by Crippen LogP contribution is -2.27. The van der Waals surface area contributed by atoms with Crippen LogP contribution in [0.4, 0.5) is 0 Å². The van der Waals surface area contributed by atoms with Crippen molar-refractivity contribution in [1.29, 1.82) is 0 Å². The highest BCUT2D eigenvalue weighted by atomic mass is 16.2. The zero-order valence-electron chi connectivity index (χ0n) is 11.7. The molecule has 3 heteroatoms. The number of likely N-dealkylation sites (N-methyl/N-ethyl adjacent to an activating group) is 1. The van der Waals surface area contributed by atoms with Crippen molar-refractivity contribution in [2.24, 2.45) is 11.1 Å². The first-order valence-electron chi connectivity index (χ1n) is 5.72. The molecule has 0 bridgehead atoms. The number of allylic oxidation sites excluding steroid dienone is 5. The van der Waals surface area contributed by atoms with Gasteiger partial charge in [-0.25, -0.2) is 0 Å². The SMILES string of the molecule is C\C=C(/C=C\C=C(/N)C(=O)N(C)C)C(C)(C)C. The van der Waals surface area contributed by atoms with E-state index in [4.69, 9.17) is 5.73 Å². The lowest BCUT2D eigenvalue weighted by molar-refractivity contribution is -0.124. The number of nitrogens with two attached hydrogens (primary N) is 1. The van der Waals surface area contributed by atoms with Crippen LogP contribution in [0, 0.1) is 5.41 Å². The summed E-state index contributed by atoms with van der Waals surface area (Å²) in [4.78, 5) is 12.9. The summed E-state index contributed by atoms with van der Waals surface area (Å²) in [6, 6.07) is 0. The fourth-order valence-electron chi connectivity index (χ4n) is 1.36. The molecular weight excluding hydrogens is 212 g/mol. The second-order valence-electron chi connectivity index (χ2n) is 5.17. The lowest BCUT2D eigenvalue weighted by atomic mass is 9.86. The van der Waals surface area contributed by atoms with Crippen LogP contribution in [0.5, 0.6) is 0 Å². The van der Waals surface area contributed by atoms with Gasteiger partial charge in [0.2, 0.25) is 0 Å². The third-order valence-corrected chi connectivity index (χ3v) is 2.38. The minimum Gasteiger partial charge on any atom is -0.394 e. The van der Waals surface area contributed by atoms with Crippen LogP contribution >= 0.6 is 0 Å². The average Bonchev–Trinajstić information content (AvgIpc) is 2.20. The highest BCUT2D eigenvalue weighted by molar-refractivity contribution is 5.92. The quantitative estimate of drug-likeness (QED) is 0.604. The molecule has 1 amide bonds. The summed E-state index contributed by atoms with van der Waals surface area (Å²) in [6.07, 6.45) is 7.50. The van der Waals surface area contributed by atoms with Crippen LogP contribution in [0.3, 0.4) is 0 Å². The maximum Gasteiger partial charge on any atom is 0.269 e. The third kappa shape index (κ3) is 5.38. The largest absolute Gasteiger partial charge is 0.394 e. The average molecular weight is 236 g/mol. The van der Waals surface area contributed by atoms with E-state index in [1.807, 2.05) is 19.1 Å². The minimum atomic E-state index is -0.174. The fraction of sp³-hybridized carbons (Fsp3) is 0.500. The van der Waals surface area contributed by atoms with Crippen molar-refractivity contribution in [2.45, 2.75) is 27.7 Å². The molecule has 0 spiro atoms. The van der Waals surface area contributed by atoms with Crippen molar-refractivity contribution in [3.8, 4) is 0 Å². The normalized spacial score (nSPS) is 14.2. The first-order valence-corrected chi connectivity index (χ1v) is 5.72. The smallest absolute Gasteiger partial charge is 0.269 e. The molecule has 0 aromatic heterocycles. The van der Waals surface area contributed by atoms with Gasteiger partial charge in [0.25, 0.3) is 5.91 Å². The summed E-state index contributed by atoms with van der Waals surface area (Å²) in [6.45, 7) is 8.43. The van der Waals surface area contributed by atoms with Crippen molar-refractivity contribution in [3.63, 3.8) is 0 Å². The van der Waals surface area contributed by atoms with Gasteiger partial charge in [-0.1, -0.05) is 39.0 Å². The van der Waals surface area contributed by atoms with E-state index in [0.717, 1.165) is 0 Å². The summed E-state index contributed by atoms with van der Waals surface area (Å²) in [5, 5.41) is 0. The van der Waals surface area contributed by atoms with E-state index in [2.05, 4.69) is 26.8 Å². The molecule has 0 fully saturated rings. The molecule has 0 aliphatic rings. The van der Waals surface area contributed by atoms with E-state index < -0.39 is 0 Å². The fourth-order valence-corrected chi connectivity index (χ4v) is 1.36. The minimum absolute atomic E-state index is 0.0966. The molecule has 0 heterocycles. The maximum atomic E-state index is 11.5. The summed E-state index contributed by atoms with van der Waals surface area (Å²) in [7, 11) is 3.36. The van der Waals surface area contributed by atoms with E-state index in [9.17, 15) is 4.79 Å². The van der Waals surface area contributed by atoms with Crippen LogP contribution in [0.2, 0.25) is 0 Å². The number of hydrogen-bond donors (Lipinski definition) is 1. The molecule has 0 aliphatic heterocycles. The number of rotatable bonds is 3. The Hall–Kier alpha value is -1.51. The highest BCUT2D eigenvalue weighted by Crippen LogP contribution is 2.25. The van der Waals surface area contributed by atoms with Gasteiger partial charge >= 0.3 is 0 Å². The predicted octanol–water partition coefficient (Wildman–Crippen LogP) is 2.47. The van der Waals surface area contributed by atoms with Gasteiger partial charge in [-0.15, -0.1) is 0 Å². The molecule has 96 valence electrons. The van der Waals surface area contributed by atoms with Crippen LogP contribution in [-0.4, -0.2) is 24.9 Å². The number of hydrogen-bond acceptors (Lipinski definition) is 2. The molecule has 0 atom stereocenters. The molecule has 0 radical (unpaired) electrons. The molecule has 0 aromatic rings. The molecule has 0 unspecified atom stereocenters. The van der Waals surface area contributed by atoms with Gasteiger partial charge in [0.05, 0.1) is 5.70 Å². The van der Waals surface area contributed by atoms with Gasteiger partial charge in [0.15, 0.2) is 0 Å². The molecule has 0 saturated carbocycles. The van der Waals surface area contributed by atoms with Crippen molar-refractivity contribution < 1.29 is 4.79 Å². The third-order valence-electron chi connectivity index (χ3n) is 2.38. The van der Waals surface area contributed by atoms with Gasteiger partial charge < -0.3 is 10.6 Å². The van der Waals surface area contributed by atoms with E-state index in [1.165, 1.54) is 10.5 Å². The Morgan fingerprint density at radius 1 is 1.24 bits per heavy atom. The zero-order valence-corrected chi connectivity index (χ0v) is 11.7. The molecule has 0 aromatic carbocycles. The van der Waals surface area contributed by atoms with Gasteiger partial charge in [-0.2, -0.15) is 0 Å². The predicted molar refractivity (Wildman–Crippen MR) is 73.3 cm³/mol. The van der Waals surface area contributed by atoms with E-state index in [0.29, 0.717) is 0 Å². The van der Waals surface area contributed by atoms with Gasteiger partial charge in [-0.3, -0.25) is 4.79 Å². The Morgan fingerprint density at radius 3 is 2.12 bits per heavy atom. The van der Waals surface area contributed by atoms with Crippen LogP contribution in [-0.2, 0) is 4.79 Å². The van der Waals surface area contributed by atoms with Crippen molar-refractivity contribution in [2.75, 3.05) is 14.1 Å². The maximum absolute atomic E-state index is 11.5. The summed E-state index contributed by atoms with van der Waals surface area (Å²) in [5.74, 6) is -0.174. The van der Waals surface area contributed by atoms with E-state index in [-0.39, 0.29) is 17.0 Å². The molecular formula is C14H24N2O. The van der Waals surface area contributed by atoms with E-state index >= 15 is 0 Å². The Kier molecular flexibility index (Phi) is 5.72. The molecule has 2 N–H and O–H groups in total. The van der Waals surface area contributed by atoms with E-state index in [1.54, 1.807) is 20.2 Å². The second kappa shape index (κ2) is 6.28. The number of carbonyl (C=O) groups is 1. The Balaban J connectivity index is 4.77. The molecule has 3 nitrogen and oxygen atoms in total. The Labute approximate surface area is 105 Å². The topological polar surface area (TPSA) is 46.3 Å². The highest BCUT2D eigenvalue weighted by Gasteiger charge is 2.13. The molecule has 0 rings (SSSR count). The van der Waals surface area contributed by atoms with Crippen molar-refractivity contribution in [1.82, 2.24) is 4.90 Å². The first-order chi connectivity index (χ1) is 7.70. The zero-order chi connectivity index (χ0) is 13.6. The van der Waals surface area contributed by atoms with Crippen LogP contribution in [0.1, 0.15) is 27.7 Å². The standard InChI is InChI=1S/C14H24N2O/c1-7-11(14(2,3)4)9-8-10-12(15)13(17)16(5)6/h7-10H,15H2,1-6H3/b9-8-,11-7+,12-10-.